The van der Waals surface area contributed by atoms with Crippen LogP contribution in [0.3, 0.4) is 0 Å². The number of benzene rings is 1. The van der Waals surface area contributed by atoms with Crippen LogP contribution in [-0.4, -0.2) is 29.5 Å². The van der Waals surface area contributed by atoms with Gasteiger partial charge in [-0.2, -0.15) is 8.78 Å². The summed E-state index contributed by atoms with van der Waals surface area (Å²) < 4.78 is 28.4. The second-order valence-corrected chi connectivity index (χ2v) is 5.46. The molecule has 1 aromatic carbocycles. The number of carbonyl (C=O) groups is 1. The van der Waals surface area contributed by atoms with E-state index in [2.05, 4.69) is 9.72 Å². The fraction of sp³-hybridized carbons (Fsp3) is 0.200. The second kappa shape index (κ2) is 7.57. The van der Waals surface area contributed by atoms with Crippen LogP contribution in [0.25, 0.3) is 0 Å². The maximum Gasteiger partial charge on any atom is 0.387 e. The van der Waals surface area contributed by atoms with Crippen LogP contribution in [0.5, 0.6) is 5.75 Å². The van der Waals surface area contributed by atoms with Gasteiger partial charge in [-0.3, -0.25) is 4.79 Å². The summed E-state index contributed by atoms with van der Waals surface area (Å²) in [6.45, 7) is -2.59. The first-order valence-corrected chi connectivity index (χ1v) is 7.23. The molecule has 0 aliphatic carbocycles. The first-order chi connectivity index (χ1) is 10.8. The van der Waals surface area contributed by atoms with Crippen LogP contribution < -0.4 is 4.74 Å². The van der Waals surface area contributed by atoms with Gasteiger partial charge in [-0.05, 0) is 29.8 Å². The van der Waals surface area contributed by atoms with Crippen molar-refractivity contribution in [3.8, 4) is 5.75 Å². The minimum Gasteiger partial charge on any atom is -0.435 e. The highest BCUT2D eigenvalue weighted by molar-refractivity contribution is 6.33. The molecule has 0 aliphatic heterocycles. The van der Waals surface area contributed by atoms with Crippen molar-refractivity contribution in [1.82, 2.24) is 9.88 Å². The van der Waals surface area contributed by atoms with Crippen molar-refractivity contribution in [3.63, 3.8) is 0 Å². The van der Waals surface area contributed by atoms with Crippen LogP contribution in [0.15, 0.2) is 36.4 Å². The number of alkyl halides is 2. The number of aromatic nitrogens is 1. The molecule has 0 saturated carbocycles. The maximum absolute atomic E-state index is 12.3. The minimum absolute atomic E-state index is 0.0606. The number of ether oxygens (including phenoxy) is 1. The van der Waals surface area contributed by atoms with Crippen molar-refractivity contribution in [2.24, 2.45) is 0 Å². The summed E-state index contributed by atoms with van der Waals surface area (Å²) in [4.78, 5) is 17.6. The van der Waals surface area contributed by atoms with Gasteiger partial charge in [-0.15, -0.1) is 0 Å². The predicted molar refractivity (Wildman–Crippen MR) is 83.1 cm³/mol. The Balaban J connectivity index is 2.05. The van der Waals surface area contributed by atoms with Crippen LogP contribution in [0.1, 0.15) is 15.9 Å². The lowest BCUT2D eigenvalue weighted by Crippen LogP contribution is -2.26. The van der Waals surface area contributed by atoms with Crippen LogP contribution in [0.4, 0.5) is 8.78 Å². The SMILES string of the molecule is CN(Cc1ccc(OC(F)F)cc1)C(=O)c1cc(Cl)nc(Cl)c1. The quantitative estimate of drug-likeness (QED) is 0.748. The van der Waals surface area contributed by atoms with E-state index in [9.17, 15) is 13.6 Å². The molecule has 0 N–H and O–H groups in total. The summed E-state index contributed by atoms with van der Waals surface area (Å²) in [5.74, 6) is -0.227. The molecule has 1 heterocycles. The lowest BCUT2D eigenvalue weighted by molar-refractivity contribution is -0.0498. The van der Waals surface area contributed by atoms with Crippen molar-refractivity contribution in [1.29, 1.82) is 0 Å². The molecule has 0 spiro atoms. The van der Waals surface area contributed by atoms with E-state index >= 15 is 0 Å². The van der Waals surface area contributed by atoms with E-state index in [1.165, 1.54) is 29.2 Å². The maximum atomic E-state index is 12.3. The molecular formula is C15H12Cl2F2N2O2. The van der Waals surface area contributed by atoms with E-state index in [4.69, 9.17) is 23.2 Å². The fourth-order valence-corrected chi connectivity index (χ4v) is 2.39. The van der Waals surface area contributed by atoms with Crippen molar-refractivity contribution in [2.75, 3.05) is 7.05 Å². The van der Waals surface area contributed by atoms with Crippen LogP contribution >= 0.6 is 23.2 Å². The summed E-state index contributed by atoms with van der Waals surface area (Å²) in [6.07, 6.45) is 0. The third-order valence-electron chi connectivity index (χ3n) is 2.92. The second-order valence-electron chi connectivity index (χ2n) is 4.68. The van der Waals surface area contributed by atoms with Gasteiger partial charge in [0.1, 0.15) is 16.1 Å². The van der Waals surface area contributed by atoms with E-state index in [0.717, 1.165) is 5.56 Å². The number of rotatable bonds is 5. The first kappa shape index (κ1) is 17.4. The van der Waals surface area contributed by atoms with Gasteiger partial charge < -0.3 is 9.64 Å². The Morgan fingerprint density at radius 3 is 2.30 bits per heavy atom. The molecule has 0 aliphatic rings. The van der Waals surface area contributed by atoms with Crippen molar-refractivity contribution >= 4 is 29.1 Å². The van der Waals surface area contributed by atoms with Gasteiger partial charge in [-0.1, -0.05) is 35.3 Å². The Morgan fingerprint density at radius 2 is 1.78 bits per heavy atom. The Bertz CT molecular complexity index is 676. The van der Waals surface area contributed by atoms with Gasteiger partial charge in [0, 0.05) is 19.2 Å². The molecule has 1 aromatic heterocycles. The molecule has 2 rings (SSSR count). The Kier molecular flexibility index (Phi) is 5.74. The summed E-state index contributed by atoms with van der Waals surface area (Å²) in [6, 6.07) is 8.89. The van der Waals surface area contributed by atoms with Crippen LogP contribution in [-0.2, 0) is 6.54 Å². The number of carbonyl (C=O) groups excluding carboxylic acids is 1. The predicted octanol–water partition coefficient (Wildman–Crippen LogP) is 4.26. The van der Waals surface area contributed by atoms with E-state index in [0.29, 0.717) is 5.56 Å². The van der Waals surface area contributed by atoms with Crippen molar-refractivity contribution in [2.45, 2.75) is 13.2 Å². The highest BCUT2D eigenvalue weighted by atomic mass is 35.5. The fourth-order valence-electron chi connectivity index (χ4n) is 1.93. The number of nitrogens with zero attached hydrogens (tertiary/aromatic N) is 2. The average molecular weight is 361 g/mol. The number of pyridine rings is 1. The highest BCUT2D eigenvalue weighted by Gasteiger charge is 2.14. The Morgan fingerprint density at radius 1 is 1.22 bits per heavy atom. The van der Waals surface area contributed by atoms with Gasteiger partial charge in [0.25, 0.3) is 5.91 Å². The molecule has 0 atom stereocenters. The standard InChI is InChI=1S/C15H12Cl2F2N2O2/c1-21(14(22)10-6-12(16)20-13(17)7-10)8-9-2-4-11(5-3-9)23-15(18)19/h2-7,15H,8H2,1H3. The van der Waals surface area contributed by atoms with Crippen LogP contribution in [0, 0.1) is 0 Å². The van der Waals surface area contributed by atoms with Gasteiger partial charge in [0.05, 0.1) is 0 Å². The van der Waals surface area contributed by atoms with E-state index in [1.54, 1.807) is 19.2 Å². The molecule has 8 heteroatoms. The van der Waals surface area contributed by atoms with Gasteiger partial charge in [0.15, 0.2) is 0 Å². The smallest absolute Gasteiger partial charge is 0.387 e. The number of hydrogen-bond acceptors (Lipinski definition) is 3. The first-order valence-electron chi connectivity index (χ1n) is 6.47. The zero-order valence-corrected chi connectivity index (χ0v) is 13.5. The summed E-state index contributed by atoms with van der Waals surface area (Å²) in [5.41, 5.74) is 1.07. The molecule has 4 nitrogen and oxygen atoms in total. The number of hydrogen-bond donors (Lipinski definition) is 0. The molecule has 1 amide bonds. The molecular weight excluding hydrogens is 349 g/mol. The highest BCUT2D eigenvalue weighted by Crippen LogP contribution is 2.18. The Labute approximate surface area is 141 Å². The van der Waals surface area contributed by atoms with Crippen molar-refractivity contribution < 1.29 is 18.3 Å². The molecule has 0 saturated heterocycles. The molecule has 0 bridgehead atoms. The van der Waals surface area contributed by atoms with Gasteiger partial charge in [-0.25, -0.2) is 4.98 Å². The summed E-state index contributed by atoms with van der Waals surface area (Å²) >= 11 is 11.6. The zero-order chi connectivity index (χ0) is 17.0. The molecule has 0 unspecified atom stereocenters. The normalized spacial score (nSPS) is 10.7. The molecule has 2 aromatic rings. The topological polar surface area (TPSA) is 42.4 Å². The molecule has 23 heavy (non-hydrogen) atoms. The Hall–Kier alpha value is -1.92. The lowest BCUT2D eigenvalue weighted by Gasteiger charge is -2.18. The molecule has 122 valence electrons. The van der Waals surface area contributed by atoms with Gasteiger partial charge >= 0.3 is 6.61 Å². The zero-order valence-electron chi connectivity index (χ0n) is 12.0. The van der Waals surface area contributed by atoms with E-state index in [1.807, 2.05) is 0 Å². The third-order valence-corrected chi connectivity index (χ3v) is 3.31. The summed E-state index contributed by atoms with van der Waals surface area (Å²) in [5, 5.41) is 0.255. The number of halogens is 4. The minimum atomic E-state index is -2.87. The van der Waals surface area contributed by atoms with Crippen molar-refractivity contribution in [3.05, 3.63) is 57.8 Å². The molecule has 0 radical (unpaired) electrons. The monoisotopic (exact) mass is 360 g/mol. The van der Waals surface area contributed by atoms with E-state index < -0.39 is 6.61 Å². The third kappa shape index (κ3) is 5.04. The van der Waals surface area contributed by atoms with Gasteiger partial charge in [0.2, 0.25) is 0 Å². The number of amides is 1. The average Bonchev–Trinajstić information content (AvgIpc) is 2.47. The van der Waals surface area contributed by atoms with E-state index in [-0.39, 0.29) is 28.5 Å². The summed E-state index contributed by atoms with van der Waals surface area (Å²) in [7, 11) is 1.61. The lowest BCUT2D eigenvalue weighted by atomic mass is 10.2. The largest absolute Gasteiger partial charge is 0.435 e. The molecule has 0 fully saturated rings. The van der Waals surface area contributed by atoms with Crippen LogP contribution in [0.2, 0.25) is 10.3 Å².